The Hall–Kier alpha value is -3.25. The molecule has 32 heavy (non-hydrogen) atoms. The van der Waals surface area contributed by atoms with Crippen LogP contribution in [0, 0.1) is 5.82 Å². The molecule has 1 saturated heterocycles. The van der Waals surface area contributed by atoms with E-state index in [9.17, 15) is 9.18 Å². The Bertz CT molecular complexity index is 1240. The minimum absolute atomic E-state index is 0.118. The van der Waals surface area contributed by atoms with Crippen LogP contribution in [0.1, 0.15) is 23.7 Å². The Morgan fingerprint density at radius 1 is 0.844 bits per heavy atom. The third kappa shape index (κ3) is 4.10. The van der Waals surface area contributed by atoms with Crippen LogP contribution in [0.3, 0.4) is 0 Å². The molecule has 1 atom stereocenters. The van der Waals surface area contributed by atoms with Crippen LogP contribution in [0.15, 0.2) is 83.9 Å². The lowest BCUT2D eigenvalue weighted by Gasteiger charge is -2.23. The molecule has 6 heteroatoms. The van der Waals surface area contributed by atoms with Crippen molar-refractivity contribution in [2.45, 2.75) is 23.1 Å². The number of thioether (sulfide) groups is 1. The third-order valence-corrected chi connectivity index (χ3v) is 6.98. The monoisotopic (exact) mass is 443 g/mol. The van der Waals surface area contributed by atoms with E-state index in [1.807, 2.05) is 59.5 Å². The summed E-state index contributed by atoms with van der Waals surface area (Å²) in [6.07, 6.45) is 2.10. The lowest BCUT2D eigenvalue weighted by Crippen LogP contribution is -2.31. The minimum Gasteiger partial charge on any atom is -0.341 e. The van der Waals surface area contributed by atoms with E-state index in [0.29, 0.717) is 10.7 Å². The Morgan fingerprint density at radius 3 is 2.22 bits per heavy atom. The van der Waals surface area contributed by atoms with E-state index in [1.54, 1.807) is 12.1 Å². The van der Waals surface area contributed by atoms with Crippen LogP contribution in [0.5, 0.6) is 0 Å². The van der Waals surface area contributed by atoms with E-state index in [0.717, 1.165) is 47.8 Å². The molecule has 3 aromatic carbocycles. The van der Waals surface area contributed by atoms with Gasteiger partial charge in [0.1, 0.15) is 21.8 Å². The molecular formula is C26H22FN3OS. The maximum Gasteiger partial charge on any atom is 0.240 e. The molecule has 1 aliphatic heterocycles. The van der Waals surface area contributed by atoms with Gasteiger partial charge in [0.05, 0.1) is 0 Å². The molecule has 160 valence electrons. The summed E-state index contributed by atoms with van der Waals surface area (Å²) in [5, 5.41) is 11.2. The van der Waals surface area contributed by atoms with Gasteiger partial charge in [0.2, 0.25) is 5.91 Å². The number of hydrogen-bond acceptors (Lipinski definition) is 4. The van der Waals surface area contributed by atoms with Crippen molar-refractivity contribution in [1.29, 1.82) is 0 Å². The van der Waals surface area contributed by atoms with Gasteiger partial charge in [-0.15, -0.1) is 10.2 Å². The Kier molecular flexibility index (Phi) is 5.86. The first-order valence-electron chi connectivity index (χ1n) is 10.7. The number of benzene rings is 3. The van der Waals surface area contributed by atoms with Gasteiger partial charge in [0, 0.05) is 29.4 Å². The lowest BCUT2D eigenvalue weighted by atomic mass is 10.1. The predicted molar refractivity (Wildman–Crippen MR) is 126 cm³/mol. The van der Waals surface area contributed by atoms with E-state index in [1.165, 1.54) is 23.9 Å². The number of rotatable bonds is 5. The van der Waals surface area contributed by atoms with Crippen molar-refractivity contribution in [3.05, 3.63) is 90.2 Å². The van der Waals surface area contributed by atoms with Crippen molar-refractivity contribution >= 4 is 28.4 Å². The first-order chi connectivity index (χ1) is 15.7. The van der Waals surface area contributed by atoms with E-state index in [2.05, 4.69) is 10.2 Å². The van der Waals surface area contributed by atoms with E-state index in [-0.39, 0.29) is 17.0 Å². The zero-order chi connectivity index (χ0) is 21.9. The van der Waals surface area contributed by atoms with Crippen molar-refractivity contribution in [3.63, 3.8) is 0 Å². The normalized spacial score (nSPS) is 14.6. The van der Waals surface area contributed by atoms with Gasteiger partial charge in [-0.1, -0.05) is 66.4 Å². The van der Waals surface area contributed by atoms with Gasteiger partial charge in [-0.3, -0.25) is 4.79 Å². The largest absolute Gasteiger partial charge is 0.341 e. The SMILES string of the molecule is O=C([C@H](Sc1nnc(-c2ccc(F)cc2)c2ccccc12)c1ccccc1)N1CCCC1. The van der Waals surface area contributed by atoms with Gasteiger partial charge >= 0.3 is 0 Å². The highest BCUT2D eigenvalue weighted by atomic mass is 32.2. The zero-order valence-electron chi connectivity index (χ0n) is 17.4. The molecular weight excluding hydrogens is 421 g/mol. The molecule has 2 heterocycles. The standard InChI is InChI=1S/C26H22FN3OS/c27-20-14-12-18(13-15-20)23-21-10-4-5-11-22(21)25(29-28-23)32-24(19-8-2-1-3-9-19)26(31)30-16-6-7-17-30/h1-5,8-15,24H,6-7,16-17H2/t24-/m1/s1. The summed E-state index contributed by atoms with van der Waals surface area (Å²) in [6.45, 7) is 1.61. The van der Waals surface area contributed by atoms with Crippen molar-refractivity contribution in [2.75, 3.05) is 13.1 Å². The molecule has 1 aliphatic rings. The summed E-state index contributed by atoms with van der Waals surface area (Å²) in [6, 6.07) is 24.0. The van der Waals surface area contributed by atoms with Gasteiger partial charge in [0.15, 0.2) is 0 Å². The van der Waals surface area contributed by atoms with Crippen LogP contribution >= 0.6 is 11.8 Å². The van der Waals surface area contributed by atoms with E-state index in [4.69, 9.17) is 0 Å². The lowest BCUT2D eigenvalue weighted by molar-refractivity contribution is -0.129. The summed E-state index contributed by atoms with van der Waals surface area (Å²) < 4.78 is 13.4. The van der Waals surface area contributed by atoms with Gasteiger partial charge < -0.3 is 4.90 Å². The fourth-order valence-corrected chi connectivity index (χ4v) is 5.25. The molecule has 0 spiro atoms. The average molecular weight is 444 g/mol. The van der Waals surface area contributed by atoms with Crippen LogP contribution < -0.4 is 0 Å². The first-order valence-corrected chi connectivity index (χ1v) is 11.6. The first kappa shape index (κ1) is 20.6. The summed E-state index contributed by atoms with van der Waals surface area (Å²) in [7, 11) is 0. The number of carbonyl (C=O) groups is 1. The summed E-state index contributed by atoms with van der Waals surface area (Å²) >= 11 is 1.45. The smallest absolute Gasteiger partial charge is 0.240 e. The zero-order valence-corrected chi connectivity index (χ0v) is 18.3. The van der Waals surface area contributed by atoms with Gasteiger partial charge in [-0.25, -0.2) is 4.39 Å². The van der Waals surface area contributed by atoms with Crippen LogP contribution in [0.25, 0.3) is 22.0 Å². The molecule has 5 rings (SSSR count). The van der Waals surface area contributed by atoms with Crippen LogP contribution in [0.2, 0.25) is 0 Å². The van der Waals surface area contributed by atoms with E-state index < -0.39 is 0 Å². The van der Waals surface area contributed by atoms with Crippen molar-refractivity contribution in [1.82, 2.24) is 15.1 Å². The number of fused-ring (bicyclic) bond motifs is 1. The number of hydrogen-bond donors (Lipinski definition) is 0. The quantitative estimate of drug-likeness (QED) is 0.361. The molecule has 0 bridgehead atoms. The van der Waals surface area contributed by atoms with Gasteiger partial charge in [0.25, 0.3) is 0 Å². The Labute approximate surface area is 190 Å². The highest BCUT2D eigenvalue weighted by molar-refractivity contribution is 8.00. The molecule has 0 saturated carbocycles. The number of likely N-dealkylation sites (tertiary alicyclic amines) is 1. The molecule has 0 unspecified atom stereocenters. The maximum absolute atomic E-state index is 13.4. The minimum atomic E-state index is -0.385. The van der Waals surface area contributed by atoms with Gasteiger partial charge in [-0.05, 0) is 42.7 Å². The molecule has 1 aromatic heterocycles. The number of aromatic nitrogens is 2. The molecule has 0 radical (unpaired) electrons. The average Bonchev–Trinajstić information content (AvgIpc) is 3.38. The summed E-state index contributed by atoms with van der Waals surface area (Å²) in [4.78, 5) is 15.4. The number of nitrogens with zero attached hydrogens (tertiary/aromatic N) is 3. The summed E-state index contributed by atoms with van der Waals surface area (Å²) in [5.41, 5.74) is 2.47. The molecule has 0 aliphatic carbocycles. The second kappa shape index (κ2) is 9.09. The van der Waals surface area contributed by atoms with Crippen molar-refractivity contribution in [2.24, 2.45) is 0 Å². The number of carbonyl (C=O) groups excluding carboxylic acids is 1. The highest BCUT2D eigenvalue weighted by Gasteiger charge is 2.30. The number of halogens is 1. The number of amides is 1. The molecule has 1 amide bonds. The van der Waals surface area contributed by atoms with Gasteiger partial charge in [-0.2, -0.15) is 0 Å². The molecule has 0 N–H and O–H groups in total. The van der Waals surface area contributed by atoms with Crippen molar-refractivity contribution < 1.29 is 9.18 Å². The second-order valence-corrected chi connectivity index (χ2v) is 8.94. The van der Waals surface area contributed by atoms with E-state index >= 15 is 0 Å². The third-order valence-electron chi connectivity index (χ3n) is 5.74. The Balaban J connectivity index is 1.56. The fourth-order valence-electron chi connectivity index (χ4n) is 4.09. The van der Waals surface area contributed by atoms with Crippen molar-refractivity contribution in [3.8, 4) is 11.3 Å². The molecule has 1 fully saturated rings. The predicted octanol–water partition coefficient (Wildman–Crippen LogP) is 5.89. The molecule has 4 nitrogen and oxygen atoms in total. The van der Waals surface area contributed by atoms with Crippen LogP contribution in [-0.2, 0) is 4.79 Å². The maximum atomic E-state index is 13.4. The Morgan fingerprint density at radius 2 is 1.50 bits per heavy atom. The topological polar surface area (TPSA) is 46.1 Å². The molecule has 4 aromatic rings. The summed E-state index contributed by atoms with van der Waals surface area (Å²) in [5.74, 6) is -0.170. The highest BCUT2D eigenvalue weighted by Crippen LogP contribution is 2.40. The second-order valence-electron chi connectivity index (χ2n) is 7.85. The van der Waals surface area contributed by atoms with Crippen LogP contribution in [-0.4, -0.2) is 34.1 Å². The van der Waals surface area contributed by atoms with Crippen LogP contribution in [0.4, 0.5) is 4.39 Å². The fraction of sp³-hybridized carbons (Fsp3) is 0.192.